The van der Waals surface area contributed by atoms with Gasteiger partial charge in [-0.3, -0.25) is 4.79 Å². The summed E-state index contributed by atoms with van der Waals surface area (Å²) in [7, 11) is 1.66. The first-order valence-corrected chi connectivity index (χ1v) is 11.8. The minimum absolute atomic E-state index is 0.0233. The van der Waals surface area contributed by atoms with Gasteiger partial charge in [0.1, 0.15) is 11.3 Å². The number of thiazole rings is 1. The monoisotopic (exact) mass is 476 g/mol. The second-order valence-electron chi connectivity index (χ2n) is 7.79. The highest BCUT2D eigenvalue weighted by Crippen LogP contribution is 2.37. The molecule has 0 unspecified atom stereocenters. The molecule has 1 amide bonds. The number of benzene rings is 2. The lowest BCUT2D eigenvalue weighted by Gasteiger charge is -2.43. The molecule has 3 aromatic rings. The first kappa shape index (κ1) is 20.7. The molecule has 0 aliphatic carbocycles. The summed E-state index contributed by atoms with van der Waals surface area (Å²) in [5.74, 6) is 1.04. The topological polar surface area (TPSA) is 48.9 Å². The van der Waals surface area contributed by atoms with Crippen LogP contribution in [0.2, 0.25) is 10.0 Å². The molecule has 9 heteroatoms. The Morgan fingerprint density at radius 1 is 1.06 bits per heavy atom. The molecule has 2 aliphatic heterocycles. The van der Waals surface area contributed by atoms with E-state index in [1.165, 1.54) is 0 Å². The maximum Gasteiger partial charge on any atom is 0.229 e. The third kappa shape index (κ3) is 3.79. The zero-order valence-corrected chi connectivity index (χ0v) is 19.4. The molecule has 0 spiro atoms. The van der Waals surface area contributed by atoms with E-state index in [1.807, 2.05) is 35.2 Å². The predicted molar refractivity (Wildman–Crippen MR) is 127 cm³/mol. The summed E-state index contributed by atoms with van der Waals surface area (Å²) in [4.78, 5) is 24.1. The lowest BCUT2D eigenvalue weighted by Crippen LogP contribution is -2.58. The number of aromatic nitrogens is 1. The van der Waals surface area contributed by atoms with Crippen LogP contribution in [-0.2, 0) is 4.79 Å². The summed E-state index contributed by atoms with van der Waals surface area (Å²) in [6, 6.07) is 11.6. The smallest absolute Gasteiger partial charge is 0.229 e. The molecule has 0 bridgehead atoms. The van der Waals surface area contributed by atoms with Crippen molar-refractivity contribution in [3.05, 3.63) is 46.4 Å². The minimum Gasteiger partial charge on any atom is -0.494 e. The number of ether oxygens (including phenoxy) is 1. The Hall–Kier alpha value is -2.22. The van der Waals surface area contributed by atoms with Crippen LogP contribution in [0.15, 0.2) is 36.4 Å². The first-order chi connectivity index (χ1) is 15.0. The van der Waals surface area contributed by atoms with Crippen LogP contribution in [0.4, 0.5) is 10.8 Å². The Morgan fingerprint density at radius 3 is 2.55 bits per heavy atom. The fourth-order valence-corrected chi connectivity index (χ4v) is 5.58. The number of hydrogen-bond acceptors (Lipinski definition) is 6. The van der Waals surface area contributed by atoms with E-state index in [4.69, 9.17) is 32.9 Å². The highest BCUT2D eigenvalue weighted by molar-refractivity contribution is 7.22. The number of para-hydroxylation sites is 1. The molecule has 31 heavy (non-hydrogen) atoms. The quantitative estimate of drug-likeness (QED) is 0.558. The van der Waals surface area contributed by atoms with Crippen LogP contribution in [0.25, 0.3) is 10.2 Å². The van der Waals surface area contributed by atoms with E-state index in [-0.39, 0.29) is 11.8 Å². The van der Waals surface area contributed by atoms with Crippen molar-refractivity contribution >= 4 is 61.5 Å². The summed E-state index contributed by atoms with van der Waals surface area (Å²) < 4.78 is 6.51. The van der Waals surface area contributed by atoms with Crippen LogP contribution in [0.1, 0.15) is 0 Å². The minimum atomic E-state index is 0.0233. The molecular formula is C22H22Cl2N4O2S. The van der Waals surface area contributed by atoms with E-state index in [0.717, 1.165) is 39.9 Å². The fourth-order valence-electron chi connectivity index (χ4n) is 4.17. The molecule has 5 rings (SSSR count). The summed E-state index contributed by atoms with van der Waals surface area (Å²) in [5, 5.41) is 2.08. The molecular weight excluding hydrogens is 455 g/mol. The van der Waals surface area contributed by atoms with Gasteiger partial charge < -0.3 is 19.4 Å². The molecule has 2 aliphatic rings. The van der Waals surface area contributed by atoms with Crippen LogP contribution in [-0.4, -0.2) is 62.2 Å². The number of piperazine rings is 1. The summed E-state index contributed by atoms with van der Waals surface area (Å²) in [6.07, 6.45) is 0. The van der Waals surface area contributed by atoms with Gasteiger partial charge in [0.2, 0.25) is 5.91 Å². The predicted octanol–water partition coefficient (Wildman–Crippen LogP) is 4.40. The highest BCUT2D eigenvalue weighted by atomic mass is 35.5. The lowest BCUT2D eigenvalue weighted by atomic mass is 9.99. The van der Waals surface area contributed by atoms with Crippen molar-refractivity contribution in [2.45, 2.75) is 0 Å². The number of amides is 1. The maximum atomic E-state index is 13.0. The van der Waals surface area contributed by atoms with Gasteiger partial charge in [-0.05, 0) is 24.3 Å². The van der Waals surface area contributed by atoms with E-state index in [9.17, 15) is 4.79 Å². The van der Waals surface area contributed by atoms with Crippen molar-refractivity contribution in [1.29, 1.82) is 0 Å². The van der Waals surface area contributed by atoms with Crippen molar-refractivity contribution in [3.63, 3.8) is 0 Å². The number of nitrogens with zero attached hydrogens (tertiary/aromatic N) is 4. The van der Waals surface area contributed by atoms with Crippen LogP contribution in [0.5, 0.6) is 5.75 Å². The van der Waals surface area contributed by atoms with E-state index in [0.29, 0.717) is 36.2 Å². The number of methoxy groups -OCH3 is 1. The van der Waals surface area contributed by atoms with Gasteiger partial charge in [0.15, 0.2) is 5.13 Å². The van der Waals surface area contributed by atoms with Crippen molar-refractivity contribution in [1.82, 2.24) is 9.88 Å². The molecule has 0 N–H and O–H groups in total. The second kappa shape index (κ2) is 8.37. The van der Waals surface area contributed by atoms with Gasteiger partial charge in [-0.25, -0.2) is 4.98 Å². The molecule has 1 aromatic heterocycles. The largest absolute Gasteiger partial charge is 0.494 e. The molecule has 2 saturated heterocycles. The van der Waals surface area contributed by atoms with Gasteiger partial charge in [-0.2, -0.15) is 0 Å². The van der Waals surface area contributed by atoms with Crippen LogP contribution in [0.3, 0.4) is 0 Å². The van der Waals surface area contributed by atoms with Gasteiger partial charge in [0, 0.05) is 39.3 Å². The Balaban J connectivity index is 1.18. The number of carbonyl (C=O) groups is 1. The molecule has 2 aromatic carbocycles. The molecule has 3 heterocycles. The van der Waals surface area contributed by atoms with E-state index >= 15 is 0 Å². The molecule has 0 atom stereocenters. The zero-order chi connectivity index (χ0) is 21.5. The van der Waals surface area contributed by atoms with Crippen LogP contribution >= 0.6 is 34.5 Å². The lowest BCUT2D eigenvalue weighted by molar-refractivity contribution is -0.136. The number of halogens is 2. The van der Waals surface area contributed by atoms with Crippen molar-refractivity contribution in [3.8, 4) is 5.75 Å². The number of carbonyl (C=O) groups excluding carboxylic acids is 1. The van der Waals surface area contributed by atoms with E-state index in [2.05, 4.69) is 9.80 Å². The summed E-state index contributed by atoms with van der Waals surface area (Å²) in [6.45, 7) is 4.30. The van der Waals surface area contributed by atoms with Gasteiger partial charge in [-0.15, -0.1) is 0 Å². The van der Waals surface area contributed by atoms with Gasteiger partial charge in [0.25, 0.3) is 0 Å². The second-order valence-corrected chi connectivity index (χ2v) is 9.58. The average Bonchev–Trinajstić information content (AvgIpc) is 3.18. The van der Waals surface area contributed by atoms with Crippen molar-refractivity contribution in [2.75, 3.05) is 56.2 Å². The van der Waals surface area contributed by atoms with E-state index in [1.54, 1.807) is 24.5 Å². The van der Waals surface area contributed by atoms with Crippen molar-refractivity contribution in [2.24, 2.45) is 5.92 Å². The Labute approximate surface area is 194 Å². The average molecular weight is 477 g/mol. The maximum absolute atomic E-state index is 13.0. The fraction of sp³-hybridized carbons (Fsp3) is 0.364. The summed E-state index contributed by atoms with van der Waals surface area (Å²) >= 11 is 14.1. The highest BCUT2D eigenvalue weighted by Gasteiger charge is 2.38. The number of rotatable bonds is 4. The third-order valence-electron chi connectivity index (χ3n) is 5.96. The standard InChI is InChI=1S/C22H22Cl2N4O2S/c1-30-17-6-3-7-18-20(17)25-22(31-18)28-12-14(13-28)21(29)27-10-8-26(9-11-27)16-5-2-4-15(23)19(16)24/h2-7,14H,8-13H2,1H3. The van der Waals surface area contributed by atoms with Gasteiger partial charge in [0.05, 0.1) is 33.5 Å². The molecule has 6 nitrogen and oxygen atoms in total. The molecule has 0 saturated carbocycles. The Morgan fingerprint density at radius 2 is 1.81 bits per heavy atom. The first-order valence-electron chi connectivity index (χ1n) is 10.2. The summed E-state index contributed by atoms with van der Waals surface area (Å²) in [5.41, 5.74) is 1.82. The number of anilines is 2. The Bertz CT molecular complexity index is 1120. The van der Waals surface area contributed by atoms with Crippen molar-refractivity contribution < 1.29 is 9.53 Å². The number of fused-ring (bicyclic) bond motifs is 1. The molecule has 0 radical (unpaired) electrons. The molecule has 2 fully saturated rings. The Kier molecular flexibility index (Phi) is 5.58. The zero-order valence-electron chi connectivity index (χ0n) is 17.1. The normalized spacial score (nSPS) is 17.2. The van der Waals surface area contributed by atoms with Crippen LogP contribution < -0.4 is 14.5 Å². The van der Waals surface area contributed by atoms with Crippen LogP contribution in [0, 0.1) is 5.92 Å². The van der Waals surface area contributed by atoms with E-state index < -0.39 is 0 Å². The third-order valence-corrected chi connectivity index (χ3v) is 7.85. The SMILES string of the molecule is COc1cccc2sc(N3CC(C(=O)N4CCN(c5cccc(Cl)c5Cl)CC4)C3)nc12. The number of hydrogen-bond donors (Lipinski definition) is 0. The van der Waals surface area contributed by atoms with Gasteiger partial charge >= 0.3 is 0 Å². The molecule has 162 valence electrons. The van der Waals surface area contributed by atoms with Gasteiger partial charge in [-0.1, -0.05) is 46.7 Å².